The van der Waals surface area contributed by atoms with E-state index in [0.29, 0.717) is 5.92 Å². The highest BCUT2D eigenvalue weighted by molar-refractivity contribution is 5.25. The van der Waals surface area contributed by atoms with Crippen LogP contribution in [-0.4, -0.2) is 45.3 Å². The highest BCUT2D eigenvalue weighted by atomic mass is 16.5. The van der Waals surface area contributed by atoms with Gasteiger partial charge in [-0.1, -0.05) is 38.1 Å². The maximum absolute atomic E-state index is 5.14. The minimum absolute atomic E-state index is 0.565. The number of rotatable bonds is 9. The van der Waals surface area contributed by atoms with E-state index in [4.69, 9.17) is 4.74 Å². The molecule has 3 nitrogen and oxygen atoms in total. The Kier molecular flexibility index (Phi) is 7.72. The van der Waals surface area contributed by atoms with Crippen molar-refractivity contribution < 1.29 is 4.74 Å². The Morgan fingerprint density at radius 3 is 2.47 bits per heavy atom. The number of hydrogen-bond donors (Lipinski definition) is 1. The second kappa shape index (κ2) is 9.08. The lowest BCUT2D eigenvalue weighted by Crippen LogP contribution is -2.26. The molecule has 0 aliphatic heterocycles. The van der Waals surface area contributed by atoms with Crippen molar-refractivity contribution in [1.29, 1.82) is 0 Å². The standard InChI is InChI=1S/C16H28N2O/c1-5-18(10-11-19-4)13-15-6-8-16(9-7-15)14(2)12-17-3/h6-9,14,17H,5,10-13H2,1-4H3. The average Bonchev–Trinajstić information content (AvgIpc) is 2.44. The first-order valence-corrected chi connectivity index (χ1v) is 7.16. The molecule has 1 N–H and O–H groups in total. The van der Waals surface area contributed by atoms with Crippen LogP contribution < -0.4 is 5.32 Å². The van der Waals surface area contributed by atoms with Crippen molar-refractivity contribution >= 4 is 0 Å². The summed E-state index contributed by atoms with van der Waals surface area (Å²) in [5, 5.41) is 3.22. The second-order valence-electron chi connectivity index (χ2n) is 5.06. The lowest BCUT2D eigenvalue weighted by molar-refractivity contribution is 0.147. The third-order valence-corrected chi connectivity index (χ3v) is 3.52. The molecule has 0 spiro atoms. The second-order valence-corrected chi connectivity index (χ2v) is 5.06. The summed E-state index contributed by atoms with van der Waals surface area (Å²) in [5.74, 6) is 0.565. The molecule has 1 aromatic rings. The minimum Gasteiger partial charge on any atom is -0.383 e. The van der Waals surface area contributed by atoms with E-state index in [9.17, 15) is 0 Å². The van der Waals surface area contributed by atoms with Crippen LogP contribution in [0, 0.1) is 0 Å². The molecule has 108 valence electrons. The van der Waals surface area contributed by atoms with Crippen LogP contribution in [0.1, 0.15) is 30.9 Å². The average molecular weight is 264 g/mol. The topological polar surface area (TPSA) is 24.5 Å². The molecule has 0 aromatic heterocycles. The molecule has 19 heavy (non-hydrogen) atoms. The van der Waals surface area contributed by atoms with Crippen molar-refractivity contribution in [2.45, 2.75) is 26.3 Å². The van der Waals surface area contributed by atoms with Gasteiger partial charge in [-0.05, 0) is 30.6 Å². The Bertz CT molecular complexity index is 337. The van der Waals surface area contributed by atoms with Crippen LogP contribution in [-0.2, 0) is 11.3 Å². The Balaban J connectivity index is 2.55. The molecular weight excluding hydrogens is 236 g/mol. The van der Waals surface area contributed by atoms with E-state index in [-0.39, 0.29) is 0 Å². The van der Waals surface area contributed by atoms with Gasteiger partial charge in [-0.3, -0.25) is 4.90 Å². The van der Waals surface area contributed by atoms with Gasteiger partial charge in [0.2, 0.25) is 0 Å². The maximum atomic E-state index is 5.14. The first-order valence-electron chi connectivity index (χ1n) is 7.16. The maximum Gasteiger partial charge on any atom is 0.0589 e. The quantitative estimate of drug-likeness (QED) is 0.741. The number of benzene rings is 1. The van der Waals surface area contributed by atoms with E-state index >= 15 is 0 Å². The van der Waals surface area contributed by atoms with Gasteiger partial charge in [-0.15, -0.1) is 0 Å². The molecule has 0 heterocycles. The molecule has 1 atom stereocenters. The van der Waals surface area contributed by atoms with Crippen LogP contribution in [0.4, 0.5) is 0 Å². The summed E-state index contributed by atoms with van der Waals surface area (Å²) in [6, 6.07) is 9.00. The molecule has 1 unspecified atom stereocenters. The van der Waals surface area contributed by atoms with E-state index in [1.54, 1.807) is 7.11 Å². The van der Waals surface area contributed by atoms with Crippen LogP contribution in [0.2, 0.25) is 0 Å². The van der Waals surface area contributed by atoms with Gasteiger partial charge in [-0.25, -0.2) is 0 Å². The van der Waals surface area contributed by atoms with E-state index in [1.807, 2.05) is 7.05 Å². The molecule has 0 amide bonds. The van der Waals surface area contributed by atoms with Gasteiger partial charge in [0.1, 0.15) is 0 Å². The molecule has 0 aliphatic rings. The summed E-state index contributed by atoms with van der Waals surface area (Å²) in [5.41, 5.74) is 2.77. The zero-order valence-corrected chi connectivity index (χ0v) is 12.8. The molecule has 1 aromatic carbocycles. The van der Waals surface area contributed by atoms with E-state index in [0.717, 1.165) is 32.8 Å². The first-order chi connectivity index (χ1) is 9.21. The van der Waals surface area contributed by atoms with E-state index < -0.39 is 0 Å². The van der Waals surface area contributed by atoms with E-state index in [1.165, 1.54) is 11.1 Å². The molecule has 0 saturated heterocycles. The summed E-state index contributed by atoms with van der Waals surface area (Å²) < 4.78 is 5.14. The summed E-state index contributed by atoms with van der Waals surface area (Å²) in [7, 11) is 3.76. The SMILES string of the molecule is CCN(CCOC)Cc1ccc(C(C)CNC)cc1. The van der Waals surface area contributed by atoms with Crippen molar-refractivity contribution in [2.75, 3.05) is 40.4 Å². The fraction of sp³-hybridized carbons (Fsp3) is 0.625. The van der Waals surface area contributed by atoms with Crippen LogP contribution in [0.15, 0.2) is 24.3 Å². The van der Waals surface area contributed by atoms with Gasteiger partial charge in [0.15, 0.2) is 0 Å². The fourth-order valence-corrected chi connectivity index (χ4v) is 2.20. The van der Waals surface area contributed by atoms with Crippen molar-refractivity contribution in [1.82, 2.24) is 10.2 Å². The summed E-state index contributed by atoms with van der Waals surface area (Å²) in [4.78, 5) is 2.40. The fourth-order valence-electron chi connectivity index (χ4n) is 2.20. The molecule has 3 heteroatoms. The normalized spacial score (nSPS) is 12.9. The van der Waals surface area contributed by atoms with Crippen LogP contribution in [0.25, 0.3) is 0 Å². The minimum atomic E-state index is 0.565. The molecule has 1 rings (SSSR count). The molecular formula is C16H28N2O. The molecule has 0 bridgehead atoms. The van der Waals surface area contributed by atoms with Gasteiger partial charge < -0.3 is 10.1 Å². The summed E-state index contributed by atoms with van der Waals surface area (Å²) in [6.07, 6.45) is 0. The van der Waals surface area contributed by atoms with Crippen LogP contribution in [0.3, 0.4) is 0 Å². The number of nitrogens with one attached hydrogen (secondary N) is 1. The third-order valence-electron chi connectivity index (χ3n) is 3.52. The van der Waals surface area contributed by atoms with Crippen molar-refractivity contribution in [2.24, 2.45) is 0 Å². The van der Waals surface area contributed by atoms with Crippen molar-refractivity contribution in [3.63, 3.8) is 0 Å². The van der Waals surface area contributed by atoms with Gasteiger partial charge in [0.05, 0.1) is 6.61 Å². The van der Waals surface area contributed by atoms with Gasteiger partial charge in [0, 0.05) is 26.7 Å². The Morgan fingerprint density at radius 2 is 1.95 bits per heavy atom. The number of nitrogens with zero attached hydrogens (tertiary/aromatic N) is 1. The highest BCUT2D eigenvalue weighted by Gasteiger charge is 2.06. The Labute approximate surface area is 118 Å². The van der Waals surface area contributed by atoms with Crippen LogP contribution >= 0.6 is 0 Å². The lowest BCUT2D eigenvalue weighted by atomic mass is 10.00. The van der Waals surface area contributed by atoms with Gasteiger partial charge in [-0.2, -0.15) is 0 Å². The highest BCUT2D eigenvalue weighted by Crippen LogP contribution is 2.15. The smallest absolute Gasteiger partial charge is 0.0589 e. The monoisotopic (exact) mass is 264 g/mol. The number of ether oxygens (including phenoxy) is 1. The largest absolute Gasteiger partial charge is 0.383 e. The summed E-state index contributed by atoms with van der Waals surface area (Å²) in [6.45, 7) is 9.31. The zero-order chi connectivity index (χ0) is 14.1. The summed E-state index contributed by atoms with van der Waals surface area (Å²) >= 11 is 0. The molecule has 0 fully saturated rings. The Hall–Kier alpha value is -0.900. The first kappa shape index (κ1) is 16.2. The van der Waals surface area contributed by atoms with Crippen molar-refractivity contribution in [3.8, 4) is 0 Å². The molecule has 0 aliphatic carbocycles. The number of hydrogen-bond acceptors (Lipinski definition) is 3. The zero-order valence-electron chi connectivity index (χ0n) is 12.8. The third kappa shape index (κ3) is 5.72. The van der Waals surface area contributed by atoms with Crippen molar-refractivity contribution in [3.05, 3.63) is 35.4 Å². The van der Waals surface area contributed by atoms with Gasteiger partial charge in [0.25, 0.3) is 0 Å². The predicted molar refractivity (Wildman–Crippen MR) is 81.6 cm³/mol. The van der Waals surface area contributed by atoms with E-state index in [2.05, 4.69) is 48.3 Å². The lowest BCUT2D eigenvalue weighted by Gasteiger charge is -2.20. The molecule has 0 radical (unpaired) electrons. The number of methoxy groups -OCH3 is 1. The van der Waals surface area contributed by atoms with Crippen LogP contribution in [0.5, 0.6) is 0 Å². The number of likely N-dealkylation sites (N-methyl/N-ethyl adjacent to an activating group) is 2. The molecule has 0 saturated carbocycles. The Morgan fingerprint density at radius 1 is 1.26 bits per heavy atom. The predicted octanol–water partition coefficient (Wildman–Crippen LogP) is 2.48. The van der Waals surface area contributed by atoms with Gasteiger partial charge >= 0.3 is 0 Å².